The van der Waals surface area contributed by atoms with E-state index in [1.54, 1.807) is 12.4 Å². The van der Waals surface area contributed by atoms with Crippen LogP contribution in [0.3, 0.4) is 0 Å². The first-order valence-corrected chi connectivity index (χ1v) is 23.6. The summed E-state index contributed by atoms with van der Waals surface area (Å²) in [7, 11) is 0. The molecule has 72 heavy (non-hydrogen) atoms. The summed E-state index contributed by atoms with van der Waals surface area (Å²) < 4.78 is 12.4. The van der Waals surface area contributed by atoms with E-state index in [9.17, 15) is 0 Å². The predicted octanol–water partition coefficient (Wildman–Crippen LogP) is 16.9. The van der Waals surface area contributed by atoms with Crippen LogP contribution in [0.15, 0.2) is 203 Å². The molecular formula is C64H52Ir2N4O2-4. The molecule has 0 fully saturated rings. The molecule has 6 aromatic heterocycles. The maximum absolute atomic E-state index is 6.20. The van der Waals surface area contributed by atoms with Crippen LogP contribution in [0.5, 0.6) is 0 Å². The minimum absolute atomic E-state index is 0. The van der Waals surface area contributed by atoms with Gasteiger partial charge in [0.15, 0.2) is 0 Å². The Morgan fingerprint density at radius 1 is 0.361 bits per heavy atom. The van der Waals surface area contributed by atoms with Gasteiger partial charge in [0.25, 0.3) is 0 Å². The van der Waals surface area contributed by atoms with Gasteiger partial charge in [0, 0.05) is 75.8 Å². The van der Waals surface area contributed by atoms with Gasteiger partial charge in [0.05, 0.1) is 11.2 Å². The molecule has 12 aromatic rings. The second-order valence-corrected chi connectivity index (χ2v) is 17.5. The van der Waals surface area contributed by atoms with Gasteiger partial charge in [0.2, 0.25) is 0 Å². The molecule has 6 nitrogen and oxygen atoms in total. The molecule has 0 saturated carbocycles. The van der Waals surface area contributed by atoms with E-state index < -0.39 is 0 Å². The first-order chi connectivity index (χ1) is 34.2. The van der Waals surface area contributed by atoms with E-state index in [1.165, 1.54) is 11.1 Å². The van der Waals surface area contributed by atoms with Crippen molar-refractivity contribution in [2.75, 3.05) is 0 Å². The normalized spacial score (nSPS) is 10.7. The van der Waals surface area contributed by atoms with Crippen molar-refractivity contribution in [2.45, 2.75) is 53.4 Å². The van der Waals surface area contributed by atoms with Crippen LogP contribution >= 0.6 is 0 Å². The van der Waals surface area contributed by atoms with Crippen molar-refractivity contribution < 1.29 is 49.0 Å². The Hall–Kier alpha value is -7.18. The molecule has 6 heterocycles. The number of rotatable bonds is 6. The second kappa shape index (κ2) is 24.8. The summed E-state index contributed by atoms with van der Waals surface area (Å²) in [4.78, 5) is 17.5. The standard InChI is InChI=1S/2C21H18NO.2C11H8N.2Ir/c2*1-13(2)15-10-11-22-19(12-15)18-9-5-8-17-16-7-4-6-14(3)20(16)23-21(17)18;2*1-2-6-10(7-3-1)11-8-4-5-9-12-11;;/h2*4-8,10-13H,1-3H3;2*1-6,8-9H;;/q4*-1;;. The molecule has 6 aromatic carbocycles. The van der Waals surface area contributed by atoms with Crippen LogP contribution in [-0.4, -0.2) is 19.9 Å². The maximum atomic E-state index is 6.20. The Morgan fingerprint density at radius 3 is 1.14 bits per heavy atom. The van der Waals surface area contributed by atoms with Crippen molar-refractivity contribution in [3.63, 3.8) is 0 Å². The molecule has 0 bridgehead atoms. The smallest absolute Gasteiger partial charge is 0.123 e. The van der Waals surface area contributed by atoms with Gasteiger partial charge in [-0.25, -0.2) is 0 Å². The topological polar surface area (TPSA) is 77.8 Å². The summed E-state index contributed by atoms with van der Waals surface area (Å²) >= 11 is 0. The first-order valence-electron chi connectivity index (χ1n) is 23.6. The summed E-state index contributed by atoms with van der Waals surface area (Å²) in [5.41, 5.74) is 16.2. The Kier molecular flexibility index (Phi) is 18.1. The number of hydrogen-bond acceptors (Lipinski definition) is 6. The molecule has 0 aliphatic heterocycles. The number of nitrogens with zero attached hydrogens (tertiary/aromatic N) is 4. The molecule has 0 aliphatic carbocycles. The van der Waals surface area contributed by atoms with E-state index in [0.29, 0.717) is 11.8 Å². The first kappa shape index (κ1) is 52.6. The Bertz CT molecular complexity index is 3320. The van der Waals surface area contributed by atoms with Crippen molar-refractivity contribution in [3.05, 3.63) is 241 Å². The second-order valence-electron chi connectivity index (χ2n) is 17.5. The molecule has 12 rings (SSSR count). The molecule has 2 radical (unpaired) electrons. The summed E-state index contributed by atoms with van der Waals surface area (Å²) in [5.74, 6) is 0.933. The van der Waals surface area contributed by atoms with Gasteiger partial charge in [-0.1, -0.05) is 134 Å². The van der Waals surface area contributed by atoms with E-state index in [-0.39, 0.29) is 40.2 Å². The Morgan fingerprint density at radius 2 is 0.764 bits per heavy atom. The molecule has 0 N–H and O–H groups in total. The molecule has 0 unspecified atom stereocenters. The van der Waals surface area contributed by atoms with Gasteiger partial charge < -0.3 is 28.8 Å². The van der Waals surface area contributed by atoms with Gasteiger partial charge >= 0.3 is 0 Å². The van der Waals surface area contributed by atoms with Crippen LogP contribution < -0.4 is 0 Å². The largest absolute Gasteiger partial charge is 0.500 e. The van der Waals surface area contributed by atoms with E-state index in [2.05, 4.69) is 159 Å². The fraction of sp³-hybridized carbons (Fsp3) is 0.125. The predicted molar refractivity (Wildman–Crippen MR) is 286 cm³/mol. The number of benzene rings is 6. The fourth-order valence-corrected chi connectivity index (χ4v) is 8.22. The van der Waals surface area contributed by atoms with Crippen LogP contribution in [0.2, 0.25) is 0 Å². The third-order valence-electron chi connectivity index (χ3n) is 12.0. The molecular weight excluding hydrogens is 1240 g/mol. The number of pyridine rings is 4. The van der Waals surface area contributed by atoms with Gasteiger partial charge in [-0.15, -0.1) is 108 Å². The van der Waals surface area contributed by atoms with Crippen molar-refractivity contribution in [1.29, 1.82) is 0 Å². The summed E-state index contributed by atoms with van der Waals surface area (Å²) in [6.07, 6.45) is 7.31. The molecule has 0 saturated heterocycles. The Labute approximate surface area is 449 Å². The number of fused-ring (bicyclic) bond motifs is 6. The number of hydrogen-bond donors (Lipinski definition) is 0. The van der Waals surface area contributed by atoms with Crippen molar-refractivity contribution in [3.8, 4) is 45.0 Å². The third kappa shape index (κ3) is 12.1. The van der Waals surface area contributed by atoms with Crippen molar-refractivity contribution in [1.82, 2.24) is 19.9 Å². The quantitative estimate of drug-likeness (QED) is 0.154. The number of aryl methyl sites for hydroxylation is 2. The van der Waals surface area contributed by atoms with E-state index in [0.717, 1.165) is 100 Å². The number of para-hydroxylation sites is 2. The molecule has 0 spiro atoms. The van der Waals surface area contributed by atoms with Gasteiger partial charge in [-0.2, -0.15) is 0 Å². The minimum atomic E-state index is 0. The summed E-state index contributed by atoms with van der Waals surface area (Å²) in [6.45, 7) is 12.9. The molecule has 0 aliphatic rings. The summed E-state index contributed by atoms with van der Waals surface area (Å²) in [6, 6.07) is 69.2. The SMILES string of the molecule is Cc1cccc2c1oc1c(-c3cc(C(C)C)ccn3)[c-]ccc12.Cc1cccc2c1oc1c(-c3cc(C(C)C)ccn3)[c-]ccc12.[Ir].[Ir].[c-]1ccccc1-c1ccccn1.[c-]1ccccc1-c1ccccn1. The zero-order valence-electron chi connectivity index (χ0n) is 40.9. The van der Waals surface area contributed by atoms with Gasteiger partial charge in [-0.05, 0) is 83.9 Å². The van der Waals surface area contributed by atoms with E-state index in [1.807, 2.05) is 109 Å². The number of aromatic nitrogens is 4. The molecule has 362 valence electrons. The van der Waals surface area contributed by atoms with Crippen molar-refractivity contribution >= 4 is 43.9 Å². The van der Waals surface area contributed by atoms with Crippen LogP contribution in [0, 0.1) is 38.1 Å². The van der Waals surface area contributed by atoms with Gasteiger partial charge in [0.1, 0.15) is 11.2 Å². The summed E-state index contributed by atoms with van der Waals surface area (Å²) in [5, 5.41) is 4.54. The van der Waals surface area contributed by atoms with Crippen molar-refractivity contribution in [2.24, 2.45) is 0 Å². The maximum Gasteiger partial charge on any atom is 0.123 e. The zero-order valence-corrected chi connectivity index (χ0v) is 45.7. The van der Waals surface area contributed by atoms with E-state index in [4.69, 9.17) is 8.83 Å². The minimum Gasteiger partial charge on any atom is -0.500 e. The average Bonchev–Trinajstić information content (AvgIpc) is 4.01. The van der Waals surface area contributed by atoms with E-state index >= 15 is 0 Å². The van der Waals surface area contributed by atoms with Crippen LogP contribution in [0.4, 0.5) is 0 Å². The van der Waals surface area contributed by atoms with Crippen LogP contribution in [-0.2, 0) is 40.2 Å². The Balaban J connectivity index is 0.000000146. The zero-order chi connectivity index (χ0) is 48.4. The monoisotopic (exact) mass is 1290 g/mol. The van der Waals surface area contributed by atoms with Crippen LogP contribution in [0.25, 0.3) is 88.9 Å². The molecule has 0 atom stereocenters. The molecule has 8 heteroatoms. The van der Waals surface area contributed by atoms with Gasteiger partial charge in [-0.3, -0.25) is 0 Å². The average molecular weight is 1290 g/mol. The number of furan rings is 2. The van der Waals surface area contributed by atoms with Crippen LogP contribution in [0.1, 0.15) is 61.8 Å². The molecule has 0 amide bonds. The fourth-order valence-electron chi connectivity index (χ4n) is 8.22. The third-order valence-corrected chi connectivity index (χ3v) is 12.0.